The minimum absolute atomic E-state index is 0.118. The van der Waals surface area contributed by atoms with Crippen molar-refractivity contribution in [3.8, 4) is 0 Å². The highest BCUT2D eigenvalue weighted by Gasteiger charge is 2.22. The number of fused-ring (bicyclic) bond motifs is 1. The molecular formula is C11H8Br4Cl2N2O. The molecule has 0 spiro atoms. The average molecular weight is 575 g/mol. The summed E-state index contributed by atoms with van der Waals surface area (Å²) >= 11 is 25.7. The van der Waals surface area contributed by atoms with Crippen LogP contribution in [0.4, 0.5) is 0 Å². The third kappa shape index (κ3) is 2.78. The average Bonchev–Trinajstić information content (AvgIpc) is 2.69. The maximum atomic E-state index is 12.5. The number of benzene rings is 1. The molecule has 0 unspecified atom stereocenters. The van der Waals surface area contributed by atoms with Crippen molar-refractivity contribution in [2.75, 3.05) is 11.8 Å². The van der Waals surface area contributed by atoms with Crippen LogP contribution >= 0.6 is 86.9 Å². The van der Waals surface area contributed by atoms with E-state index in [1.165, 1.54) is 0 Å². The first-order valence-electron chi connectivity index (χ1n) is 5.52. The number of aromatic nitrogens is 2. The highest BCUT2D eigenvalue weighted by Crippen LogP contribution is 2.43. The van der Waals surface area contributed by atoms with Gasteiger partial charge in [0.25, 0.3) is 0 Å². The van der Waals surface area contributed by atoms with Crippen molar-refractivity contribution < 1.29 is 0 Å². The van der Waals surface area contributed by atoms with E-state index in [9.17, 15) is 4.79 Å². The zero-order valence-corrected chi connectivity index (χ0v) is 17.8. The number of alkyl halides is 2. The third-order valence-corrected chi connectivity index (χ3v) is 7.90. The Bertz CT molecular complexity index is 668. The fourth-order valence-electron chi connectivity index (χ4n) is 2.02. The lowest BCUT2D eigenvalue weighted by Crippen LogP contribution is -2.25. The molecule has 110 valence electrons. The smallest absolute Gasteiger partial charge is 0.290 e. The molecule has 0 aliphatic heterocycles. The predicted molar refractivity (Wildman–Crippen MR) is 98.4 cm³/mol. The molecule has 0 aliphatic rings. The molecule has 9 heteroatoms. The predicted octanol–water partition coefficient (Wildman–Crippen LogP) is 5.33. The fraction of sp³-hybridized carbons (Fsp3) is 0.364. The summed E-state index contributed by atoms with van der Waals surface area (Å²) in [5.41, 5.74) is 1.47. The van der Waals surface area contributed by atoms with Crippen LogP contribution in [0.2, 0.25) is 0 Å². The van der Waals surface area contributed by atoms with Crippen LogP contribution in [0, 0.1) is 0 Å². The molecule has 0 N–H and O–H groups in total. The van der Waals surface area contributed by atoms with Gasteiger partial charge in [-0.15, -0.1) is 23.2 Å². The first kappa shape index (κ1) is 17.3. The van der Waals surface area contributed by atoms with Gasteiger partial charge in [-0.25, -0.2) is 4.79 Å². The van der Waals surface area contributed by atoms with Crippen molar-refractivity contribution in [3.05, 3.63) is 28.4 Å². The van der Waals surface area contributed by atoms with E-state index in [1.807, 2.05) is 0 Å². The Morgan fingerprint density at radius 3 is 1.40 bits per heavy atom. The molecule has 0 aliphatic carbocycles. The van der Waals surface area contributed by atoms with E-state index in [2.05, 4.69) is 63.7 Å². The standard InChI is InChI=1S/C11H8Br4Cl2N2O/c12-5-6(13)8(15)10-9(7(5)14)18(3-1-16)11(20)19(10)4-2-17/h1-4H2. The monoisotopic (exact) mass is 570 g/mol. The lowest BCUT2D eigenvalue weighted by atomic mass is 10.3. The van der Waals surface area contributed by atoms with E-state index in [4.69, 9.17) is 23.2 Å². The molecule has 1 aromatic carbocycles. The molecule has 0 saturated carbocycles. The number of aryl methyl sites for hydroxylation is 2. The van der Waals surface area contributed by atoms with Gasteiger partial charge in [0.15, 0.2) is 0 Å². The van der Waals surface area contributed by atoms with Gasteiger partial charge in [0.1, 0.15) is 0 Å². The van der Waals surface area contributed by atoms with Gasteiger partial charge in [0.2, 0.25) is 0 Å². The van der Waals surface area contributed by atoms with Crippen LogP contribution < -0.4 is 5.69 Å². The quantitative estimate of drug-likeness (QED) is 0.276. The zero-order chi connectivity index (χ0) is 15.0. The maximum Gasteiger partial charge on any atom is 0.329 e. The van der Waals surface area contributed by atoms with Crippen molar-refractivity contribution in [2.45, 2.75) is 13.1 Å². The van der Waals surface area contributed by atoms with E-state index in [-0.39, 0.29) is 5.69 Å². The van der Waals surface area contributed by atoms with E-state index in [0.29, 0.717) is 24.8 Å². The SMILES string of the molecule is O=c1n(CCCl)c2c(Br)c(Br)c(Br)c(Br)c2n1CCCl. The highest BCUT2D eigenvalue weighted by molar-refractivity contribution is 9.15. The number of imidazole rings is 1. The summed E-state index contributed by atoms with van der Waals surface area (Å²) in [5, 5.41) is 0. The van der Waals surface area contributed by atoms with Crippen LogP contribution in [0.15, 0.2) is 22.7 Å². The number of hydrogen-bond donors (Lipinski definition) is 0. The Morgan fingerprint density at radius 2 is 1.10 bits per heavy atom. The van der Waals surface area contributed by atoms with Gasteiger partial charge in [-0.1, -0.05) is 0 Å². The summed E-state index contributed by atoms with van der Waals surface area (Å²) in [5.74, 6) is 0.718. The van der Waals surface area contributed by atoms with Crippen LogP contribution in [0.5, 0.6) is 0 Å². The summed E-state index contributed by atoms with van der Waals surface area (Å²) in [4.78, 5) is 12.5. The summed E-state index contributed by atoms with van der Waals surface area (Å²) in [6.45, 7) is 0.872. The van der Waals surface area contributed by atoms with E-state index in [0.717, 1.165) is 28.9 Å². The number of nitrogens with zero attached hydrogens (tertiary/aromatic N) is 2. The minimum atomic E-state index is -0.118. The number of halogens is 6. The van der Waals surface area contributed by atoms with Crippen molar-refractivity contribution in [2.24, 2.45) is 0 Å². The summed E-state index contributed by atoms with van der Waals surface area (Å²) in [7, 11) is 0. The molecule has 0 amide bonds. The van der Waals surface area contributed by atoms with Gasteiger partial charge in [0, 0.05) is 33.8 Å². The van der Waals surface area contributed by atoms with Gasteiger partial charge in [-0.2, -0.15) is 0 Å². The van der Waals surface area contributed by atoms with Crippen LogP contribution in [0.25, 0.3) is 11.0 Å². The topological polar surface area (TPSA) is 26.9 Å². The van der Waals surface area contributed by atoms with Crippen LogP contribution in [-0.4, -0.2) is 20.9 Å². The molecule has 0 radical (unpaired) electrons. The van der Waals surface area contributed by atoms with Crippen LogP contribution in [-0.2, 0) is 13.1 Å². The van der Waals surface area contributed by atoms with Crippen molar-refractivity contribution in [1.82, 2.24) is 9.13 Å². The number of hydrogen-bond acceptors (Lipinski definition) is 1. The molecule has 2 rings (SSSR count). The Balaban J connectivity index is 3.00. The van der Waals surface area contributed by atoms with E-state index in [1.54, 1.807) is 9.13 Å². The second kappa shape index (κ2) is 7.04. The summed E-state index contributed by atoms with van der Waals surface area (Å²) in [6.07, 6.45) is 0. The van der Waals surface area contributed by atoms with Gasteiger partial charge in [-0.3, -0.25) is 9.13 Å². The minimum Gasteiger partial charge on any atom is -0.290 e. The van der Waals surface area contributed by atoms with Crippen molar-refractivity contribution >= 4 is 98.0 Å². The van der Waals surface area contributed by atoms with Crippen molar-refractivity contribution in [1.29, 1.82) is 0 Å². The molecular weight excluding hydrogens is 567 g/mol. The fourth-order valence-corrected chi connectivity index (χ4v) is 4.86. The first-order valence-corrected chi connectivity index (χ1v) is 9.76. The molecule has 1 aromatic heterocycles. The Kier molecular flexibility index (Phi) is 6.11. The van der Waals surface area contributed by atoms with Gasteiger partial charge in [0.05, 0.1) is 20.0 Å². The highest BCUT2D eigenvalue weighted by atomic mass is 79.9. The summed E-state index contributed by atoms with van der Waals surface area (Å²) in [6, 6.07) is 0. The zero-order valence-electron chi connectivity index (χ0n) is 9.90. The molecule has 3 nitrogen and oxygen atoms in total. The Labute approximate surface area is 159 Å². The maximum absolute atomic E-state index is 12.5. The molecule has 1 heterocycles. The van der Waals surface area contributed by atoms with E-state index < -0.39 is 0 Å². The second-order valence-corrected chi connectivity index (χ2v) is 7.84. The van der Waals surface area contributed by atoms with Crippen molar-refractivity contribution in [3.63, 3.8) is 0 Å². The molecule has 2 aromatic rings. The third-order valence-electron chi connectivity index (χ3n) is 2.84. The molecule has 0 bridgehead atoms. The number of rotatable bonds is 4. The molecule has 0 saturated heterocycles. The van der Waals surface area contributed by atoms with Crippen LogP contribution in [0.1, 0.15) is 0 Å². The molecule has 20 heavy (non-hydrogen) atoms. The summed E-state index contributed by atoms with van der Waals surface area (Å²) < 4.78 is 6.59. The molecule has 0 fully saturated rings. The van der Waals surface area contributed by atoms with E-state index >= 15 is 0 Å². The lowest BCUT2D eigenvalue weighted by molar-refractivity contribution is 0.675. The first-order chi connectivity index (χ1) is 9.45. The Hall–Kier alpha value is 0.990. The van der Waals surface area contributed by atoms with Gasteiger partial charge >= 0.3 is 5.69 Å². The normalized spacial score (nSPS) is 11.5. The molecule has 0 atom stereocenters. The van der Waals surface area contributed by atoms with Gasteiger partial charge < -0.3 is 0 Å². The lowest BCUT2D eigenvalue weighted by Gasteiger charge is -2.09. The van der Waals surface area contributed by atoms with Gasteiger partial charge in [-0.05, 0) is 63.7 Å². The largest absolute Gasteiger partial charge is 0.329 e. The van der Waals surface area contributed by atoms with Crippen LogP contribution in [0.3, 0.4) is 0 Å². The Morgan fingerprint density at radius 1 is 0.750 bits per heavy atom. The second-order valence-electron chi connectivity index (χ2n) is 3.92.